The third kappa shape index (κ3) is 1.70. The van der Waals surface area contributed by atoms with Gasteiger partial charge in [-0.1, -0.05) is 6.07 Å². The van der Waals surface area contributed by atoms with Crippen LogP contribution in [0.15, 0.2) is 42.0 Å². The summed E-state index contributed by atoms with van der Waals surface area (Å²) >= 11 is 1.66. The average Bonchev–Trinajstić information content (AvgIpc) is 2.98. The summed E-state index contributed by atoms with van der Waals surface area (Å²) in [6.07, 6.45) is 3.50. The van der Waals surface area contributed by atoms with Crippen LogP contribution in [0.5, 0.6) is 0 Å². The van der Waals surface area contributed by atoms with Gasteiger partial charge < -0.3 is 5.73 Å². The maximum atomic E-state index is 5.92. The predicted octanol–water partition coefficient (Wildman–Crippen LogP) is 2.78. The SMILES string of the molecule is Nc1n[nH]c(-c2cccs2)c1-c1ccncc1. The maximum Gasteiger partial charge on any atom is 0.153 e. The van der Waals surface area contributed by atoms with E-state index in [1.807, 2.05) is 29.6 Å². The highest BCUT2D eigenvalue weighted by Crippen LogP contribution is 2.36. The van der Waals surface area contributed by atoms with E-state index in [9.17, 15) is 0 Å². The second kappa shape index (κ2) is 4.03. The molecule has 3 heterocycles. The molecule has 0 saturated carbocycles. The molecular weight excluding hydrogens is 232 g/mol. The van der Waals surface area contributed by atoms with Gasteiger partial charge in [-0.15, -0.1) is 11.3 Å². The first-order valence-corrected chi connectivity index (χ1v) is 6.02. The number of aromatic nitrogens is 3. The molecule has 3 N–H and O–H groups in total. The van der Waals surface area contributed by atoms with Gasteiger partial charge >= 0.3 is 0 Å². The Hall–Kier alpha value is -2.14. The summed E-state index contributed by atoms with van der Waals surface area (Å²) in [5.41, 5.74) is 8.85. The summed E-state index contributed by atoms with van der Waals surface area (Å²) in [7, 11) is 0. The molecule has 17 heavy (non-hydrogen) atoms. The van der Waals surface area contributed by atoms with Gasteiger partial charge in [-0.2, -0.15) is 5.10 Å². The number of hydrogen-bond donors (Lipinski definition) is 2. The van der Waals surface area contributed by atoms with Gasteiger partial charge in [0.25, 0.3) is 0 Å². The van der Waals surface area contributed by atoms with Gasteiger partial charge in [-0.25, -0.2) is 0 Å². The van der Waals surface area contributed by atoms with Crippen LogP contribution in [0.3, 0.4) is 0 Å². The fourth-order valence-corrected chi connectivity index (χ4v) is 2.49. The Morgan fingerprint density at radius 1 is 1.18 bits per heavy atom. The molecule has 3 rings (SSSR count). The van der Waals surface area contributed by atoms with Crippen molar-refractivity contribution < 1.29 is 0 Å². The minimum atomic E-state index is 0.514. The fraction of sp³-hybridized carbons (Fsp3) is 0. The Bertz CT molecular complexity index is 613. The third-order valence-electron chi connectivity index (χ3n) is 2.53. The molecule has 0 spiro atoms. The Labute approximate surface area is 102 Å². The summed E-state index contributed by atoms with van der Waals surface area (Å²) in [5.74, 6) is 0.514. The molecule has 0 unspecified atom stereocenters. The molecule has 3 aromatic rings. The minimum Gasteiger partial charge on any atom is -0.382 e. The maximum absolute atomic E-state index is 5.92. The van der Waals surface area contributed by atoms with Gasteiger partial charge in [0.2, 0.25) is 0 Å². The van der Waals surface area contributed by atoms with E-state index in [-0.39, 0.29) is 0 Å². The molecule has 0 aromatic carbocycles. The number of nitrogens with zero attached hydrogens (tertiary/aromatic N) is 2. The zero-order chi connectivity index (χ0) is 11.7. The van der Waals surface area contributed by atoms with Crippen LogP contribution < -0.4 is 5.73 Å². The number of thiophene rings is 1. The van der Waals surface area contributed by atoms with Crippen molar-refractivity contribution in [3.63, 3.8) is 0 Å². The molecule has 0 saturated heterocycles. The van der Waals surface area contributed by atoms with Crippen molar-refractivity contribution >= 4 is 17.2 Å². The van der Waals surface area contributed by atoms with E-state index in [1.165, 1.54) is 0 Å². The average molecular weight is 242 g/mol. The summed E-state index contributed by atoms with van der Waals surface area (Å²) in [6, 6.07) is 7.91. The first kappa shape index (κ1) is 10.0. The second-order valence-electron chi connectivity index (χ2n) is 3.57. The molecule has 0 amide bonds. The van der Waals surface area contributed by atoms with Crippen molar-refractivity contribution in [2.24, 2.45) is 0 Å². The largest absolute Gasteiger partial charge is 0.382 e. The molecule has 0 fully saturated rings. The van der Waals surface area contributed by atoms with Crippen molar-refractivity contribution in [2.45, 2.75) is 0 Å². The minimum absolute atomic E-state index is 0.514. The highest BCUT2D eigenvalue weighted by Gasteiger charge is 2.14. The Morgan fingerprint density at radius 3 is 2.71 bits per heavy atom. The number of nitrogens with two attached hydrogens (primary N) is 1. The number of aromatic amines is 1. The van der Waals surface area contributed by atoms with Gasteiger partial charge in [0.05, 0.1) is 16.1 Å². The summed E-state index contributed by atoms with van der Waals surface area (Å²) < 4.78 is 0. The number of H-pyrrole nitrogens is 1. The summed E-state index contributed by atoms with van der Waals surface area (Å²) in [4.78, 5) is 5.13. The van der Waals surface area contributed by atoms with E-state index in [2.05, 4.69) is 15.2 Å². The van der Waals surface area contributed by atoms with Gasteiger partial charge in [0.1, 0.15) is 0 Å². The molecule has 0 atom stereocenters. The highest BCUT2D eigenvalue weighted by molar-refractivity contribution is 7.13. The molecule has 4 nitrogen and oxygen atoms in total. The van der Waals surface area contributed by atoms with Gasteiger partial charge in [0.15, 0.2) is 5.82 Å². The highest BCUT2D eigenvalue weighted by atomic mass is 32.1. The zero-order valence-corrected chi connectivity index (χ0v) is 9.74. The van der Waals surface area contributed by atoms with Crippen LogP contribution in [-0.2, 0) is 0 Å². The van der Waals surface area contributed by atoms with Crippen LogP contribution in [0.4, 0.5) is 5.82 Å². The van der Waals surface area contributed by atoms with Crippen molar-refractivity contribution in [1.29, 1.82) is 0 Å². The third-order valence-corrected chi connectivity index (χ3v) is 3.42. The van der Waals surface area contributed by atoms with Crippen molar-refractivity contribution in [1.82, 2.24) is 15.2 Å². The van der Waals surface area contributed by atoms with Crippen LogP contribution in [0.25, 0.3) is 21.7 Å². The lowest BCUT2D eigenvalue weighted by molar-refractivity contribution is 1.11. The number of nitrogen functional groups attached to an aromatic ring is 1. The number of pyridine rings is 1. The van der Waals surface area contributed by atoms with Crippen LogP contribution in [0, 0.1) is 0 Å². The zero-order valence-electron chi connectivity index (χ0n) is 8.92. The number of hydrogen-bond acceptors (Lipinski definition) is 4. The molecule has 0 radical (unpaired) electrons. The Morgan fingerprint density at radius 2 is 2.00 bits per heavy atom. The standard InChI is InChI=1S/C12H10N4S/c13-12-10(8-3-5-14-6-4-8)11(15-16-12)9-2-1-7-17-9/h1-7H,(H3,13,15,16). The summed E-state index contributed by atoms with van der Waals surface area (Å²) in [6.45, 7) is 0. The van der Waals surface area contributed by atoms with Gasteiger partial charge in [0, 0.05) is 12.4 Å². The van der Waals surface area contributed by atoms with Gasteiger partial charge in [-0.3, -0.25) is 10.1 Å². The summed E-state index contributed by atoms with van der Waals surface area (Å²) in [5, 5.41) is 9.11. The normalized spacial score (nSPS) is 10.6. The van der Waals surface area contributed by atoms with Crippen LogP contribution in [-0.4, -0.2) is 15.2 Å². The molecule has 3 aromatic heterocycles. The molecule has 0 aliphatic heterocycles. The number of anilines is 1. The molecule has 0 bridgehead atoms. The number of nitrogens with one attached hydrogen (secondary N) is 1. The lowest BCUT2D eigenvalue weighted by Gasteiger charge is -2.01. The first-order chi connectivity index (χ1) is 8.36. The van der Waals surface area contributed by atoms with Crippen LogP contribution in [0.2, 0.25) is 0 Å². The van der Waals surface area contributed by atoms with Crippen molar-refractivity contribution in [3.8, 4) is 21.7 Å². The van der Waals surface area contributed by atoms with E-state index >= 15 is 0 Å². The van der Waals surface area contributed by atoms with Crippen molar-refractivity contribution in [3.05, 3.63) is 42.0 Å². The van der Waals surface area contributed by atoms with Gasteiger partial charge in [-0.05, 0) is 29.1 Å². The van der Waals surface area contributed by atoms with E-state index in [4.69, 9.17) is 5.73 Å². The Balaban J connectivity index is 2.20. The van der Waals surface area contributed by atoms with E-state index < -0.39 is 0 Å². The number of rotatable bonds is 2. The lowest BCUT2D eigenvalue weighted by atomic mass is 10.1. The van der Waals surface area contributed by atoms with Crippen molar-refractivity contribution in [2.75, 3.05) is 5.73 Å². The first-order valence-electron chi connectivity index (χ1n) is 5.14. The van der Waals surface area contributed by atoms with E-state index in [1.54, 1.807) is 23.7 Å². The second-order valence-corrected chi connectivity index (χ2v) is 4.52. The van der Waals surface area contributed by atoms with Crippen LogP contribution in [0.1, 0.15) is 0 Å². The van der Waals surface area contributed by atoms with Crippen LogP contribution >= 0.6 is 11.3 Å². The van der Waals surface area contributed by atoms with E-state index in [0.717, 1.165) is 21.7 Å². The Kier molecular flexibility index (Phi) is 2.38. The molecular formula is C12H10N4S. The smallest absolute Gasteiger partial charge is 0.153 e. The molecule has 5 heteroatoms. The molecule has 84 valence electrons. The molecule has 0 aliphatic rings. The topological polar surface area (TPSA) is 67.6 Å². The molecule has 0 aliphatic carbocycles. The lowest BCUT2D eigenvalue weighted by Crippen LogP contribution is -1.88. The fourth-order valence-electron chi connectivity index (χ4n) is 1.77. The monoisotopic (exact) mass is 242 g/mol. The van der Waals surface area contributed by atoms with E-state index in [0.29, 0.717) is 5.82 Å². The quantitative estimate of drug-likeness (QED) is 0.726. The predicted molar refractivity (Wildman–Crippen MR) is 69.5 cm³/mol.